The molecule has 0 aliphatic heterocycles. The molecule has 2 N–H and O–H groups in total. The number of halogens is 6. The van der Waals surface area contributed by atoms with Crippen molar-refractivity contribution in [2.24, 2.45) is 0 Å². The maximum absolute atomic E-state index is 11.5. The maximum atomic E-state index is 11.5. The molecular formula is C7H10Cl6N2O3. The van der Waals surface area contributed by atoms with Crippen molar-refractivity contribution >= 4 is 75.6 Å². The van der Waals surface area contributed by atoms with Crippen LogP contribution in [0.5, 0.6) is 0 Å². The highest BCUT2D eigenvalue weighted by molar-refractivity contribution is 6.68. The second-order valence-electron chi connectivity index (χ2n) is 2.93. The van der Waals surface area contributed by atoms with Gasteiger partial charge in [-0.3, -0.25) is 0 Å². The van der Waals surface area contributed by atoms with Crippen LogP contribution in [0.15, 0.2) is 0 Å². The molecule has 2 amide bonds. The molecule has 0 aliphatic rings. The highest BCUT2D eigenvalue weighted by Crippen LogP contribution is 2.31. The van der Waals surface area contributed by atoms with Crippen LogP contribution in [0.3, 0.4) is 0 Å². The van der Waals surface area contributed by atoms with Crippen molar-refractivity contribution in [3.05, 3.63) is 0 Å². The van der Waals surface area contributed by atoms with Crippen molar-refractivity contribution in [3.8, 4) is 0 Å². The van der Waals surface area contributed by atoms with E-state index >= 15 is 0 Å². The first-order valence-corrected chi connectivity index (χ1v) is 6.55. The summed E-state index contributed by atoms with van der Waals surface area (Å²) in [6.07, 6.45) is -2.37. The minimum atomic E-state index is -1.85. The zero-order chi connectivity index (χ0) is 14.6. The summed E-state index contributed by atoms with van der Waals surface area (Å²) in [5.74, 6) is 0. The fourth-order valence-corrected chi connectivity index (χ4v) is 1.69. The number of amides is 2. The molecule has 0 fully saturated rings. The minimum Gasteiger partial charge on any atom is -0.357 e. The van der Waals surface area contributed by atoms with E-state index in [2.05, 4.69) is 10.6 Å². The summed E-state index contributed by atoms with van der Waals surface area (Å²) in [7, 11) is 2.49. The third-order valence-corrected chi connectivity index (χ3v) is 2.78. The predicted octanol–water partition coefficient (Wildman–Crippen LogP) is 2.97. The number of rotatable bonds is 4. The van der Waals surface area contributed by atoms with Crippen LogP contribution in [0, 0.1) is 0 Å². The van der Waals surface area contributed by atoms with Crippen LogP contribution in [0.1, 0.15) is 0 Å². The molecule has 2 atom stereocenters. The highest BCUT2D eigenvalue weighted by atomic mass is 35.6. The number of urea groups is 1. The van der Waals surface area contributed by atoms with Crippen LogP contribution >= 0.6 is 69.6 Å². The van der Waals surface area contributed by atoms with Gasteiger partial charge in [0.25, 0.3) is 0 Å². The second kappa shape index (κ2) is 7.64. The van der Waals surface area contributed by atoms with Crippen LogP contribution in [-0.2, 0) is 9.47 Å². The minimum absolute atomic E-state index is 0.800. The molecule has 18 heavy (non-hydrogen) atoms. The van der Waals surface area contributed by atoms with E-state index < -0.39 is 26.1 Å². The molecule has 0 saturated carbocycles. The van der Waals surface area contributed by atoms with Gasteiger partial charge in [0.05, 0.1) is 0 Å². The van der Waals surface area contributed by atoms with Crippen molar-refractivity contribution in [1.82, 2.24) is 10.6 Å². The molecule has 0 aromatic rings. The van der Waals surface area contributed by atoms with Gasteiger partial charge in [-0.05, 0) is 0 Å². The molecule has 0 aliphatic carbocycles. The number of ether oxygens (including phenoxy) is 2. The molecule has 0 spiro atoms. The van der Waals surface area contributed by atoms with Gasteiger partial charge in [-0.15, -0.1) is 0 Å². The molecule has 5 nitrogen and oxygen atoms in total. The van der Waals surface area contributed by atoms with Gasteiger partial charge in [0.1, 0.15) is 0 Å². The van der Waals surface area contributed by atoms with Gasteiger partial charge in [-0.1, -0.05) is 69.6 Å². The Labute approximate surface area is 134 Å². The molecule has 0 aromatic heterocycles. The number of alkyl halides is 6. The standard InChI is InChI=1S/C7H10Cl6N2O3/c1-17-3(6(8,9)10)14-5(16)15-4(18-2)7(11,12)13/h3-4H,1-2H3,(H2,14,15,16)/t3-,4+. The summed E-state index contributed by atoms with van der Waals surface area (Å²) in [4.78, 5) is 11.5. The van der Waals surface area contributed by atoms with E-state index in [4.69, 9.17) is 79.1 Å². The fraction of sp³-hybridized carbons (Fsp3) is 0.857. The number of hydrogen-bond donors (Lipinski definition) is 2. The molecule has 0 radical (unpaired) electrons. The van der Waals surface area contributed by atoms with E-state index in [1.165, 1.54) is 14.2 Å². The quantitative estimate of drug-likeness (QED) is 0.580. The summed E-state index contributed by atoms with van der Waals surface area (Å²) >= 11 is 33.3. The number of carbonyl (C=O) groups is 1. The summed E-state index contributed by atoms with van der Waals surface area (Å²) < 4.78 is 5.85. The number of hydrogen-bond acceptors (Lipinski definition) is 3. The number of methoxy groups -OCH3 is 2. The van der Waals surface area contributed by atoms with Crippen LogP contribution in [0.4, 0.5) is 4.79 Å². The number of carbonyl (C=O) groups excluding carboxylic acids is 1. The Balaban J connectivity index is 4.50. The third kappa shape index (κ3) is 6.91. The summed E-state index contributed by atoms with van der Waals surface area (Å²) in [6, 6.07) is -0.800. The molecular weight excluding hydrogens is 373 g/mol. The first kappa shape index (κ1) is 18.9. The summed E-state index contributed by atoms with van der Waals surface area (Å²) in [5, 5.41) is 4.44. The van der Waals surface area contributed by atoms with Gasteiger partial charge in [-0.25, -0.2) is 4.79 Å². The molecule has 0 saturated heterocycles. The van der Waals surface area contributed by atoms with Crippen LogP contribution in [0.25, 0.3) is 0 Å². The van der Waals surface area contributed by atoms with E-state index in [1.54, 1.807) is 0 Å². The van der Waals surface area contributed by atoms with Crippen molar-refractivity contribution in [2.45, 2.75) is 20.0 Å². The first-order chi connectivity index (χ1) is 8.02. The second-order valence-corrected chi connectivity index (χ2v) is 7.67. The SMILES string of the molecule is CO[C@@H](NC(=O)N[C@@H](OC)C(Cl)(Cl)Cl)C(Cl)(Cl)Cl. The lowest BCUT2D eigenvalue weighted by Gasteiger charge is -2.27. The Morgan fingerprint density at radius 1 is 0.889 bits per heavy atom. The number of nitrogens with one attached hydrogen (secondary N) is 2. The van der Waals surface area contributed by atoms with E-state index in [-0.39, 0.29) is 0 Å². The normalized spacial score (nSPS) is 16.0. The van der Waals surface area contributed by atoms with Gasteiger partial charge in [0, 0.05) is 14.2 Å². The average molecular weight is 383 g/mol. The smallest absolute Gasteiger partial charge is 0.319 e. The average Bonchev–Trinajstić information content (AvgIpc) is 2.19. The van der Waals surface area contributed by atoms with Gasteiger partial charge >= 0.3 is 6.03 Å². The van der Waals surface area contributed by atoms with E-state index in [9.17, 15) is 4.79 Å². The predicted molar refractivity (Wildman–Crippen MR) is 73.8 cm³/mol. The summed E-state index contributed by atoms with van der Waals surface area (Å²) in [5.41, 5.74) is 0. The fourth-order valence-electron chi connectivity index (χ4n) is 0.829. The molecule has 11 heteroatoms. The van der Waals surface area contributed by atoms with Crippen LogP contribution in [0.2, 0.25) is 0 Å². The van der Waals surface area contributed by atoms with Crippen LogP contribution < -0.4 is 10.6 Å². The molecule has 0 aromatic carbocycles. The van der Waals surface area contributed by atoms with Crippen molar-refractivity contribution in [3.63, 3.8) is 0 Å². The highest BCUT2D eigenvalue weighted by Gasteiger charge is 2.37. The Bertz CT molecular complexity index is 253. The van der Waals surface area contributed by atoms with Gasteiger partial charge < -0.3 is 20.1 Å². The van der Waals surface area contributed by atoms with Crippen molar-refractivity contribution in [1.29, 1.82) is 0 Å². The van der Waals surface area contributed by atoms with E-state index in [0.29, 0.717) is 0 Å². The first-order valence-electron chi connectivity index (χ1n) is 4.28. The van der Waals surface area contributed by atoms with Gasteiger partial charge in [0.2, 0.25) is 7.59 Å². The lowest BCUT2D eigenvalue weighted by molar-refractivity contribution is 0.0660. The topological polar surface area (TPSA) is 59.6 Å². The lowest BCUT2D eigenvalue weighted by atomic mass is 10.6. The van der Waals surface area contributed by atoms with Crippen molar-refractivity contribution in [2.75, 3.05) is 14.2 Å². The van der Waals surface area contributed by atoms with Crippen LogP contribution in [-0.4, -0.2) is 40.3 Å². The Kier molecular flexibility index (Phi) is 8.04. The molecule has 108 valence electrons. The lowest BCUT2D eigenvalue weighted by Crippen LogP contribution is -2.54. The molecule has 0 bridgehead atoms. The Morgan fingerprint density at radius 3 is 1.33 bits per heavy atom. The van der Waals surface area contributed by atoms with E-state index in [0.717, 1.165) is 0 Å². The molecule has 0 rings (SSSR count). The Morgan fingerprint density at radius 2 is 1.17 bits per heavy atom. The Hall–Kier alpha value is 0.930. The van der Waals surface area contributed by atoms with Gasteiger partial charge in [0.15, 0.2) is 12.5 Å². The zero-order valence-corrected chi connectivity index (χ0v) is 13.7. The summed E-state index contributed by atoms with van der Waals surface area (Å²) in [6.45, 7) is 0. The van der Waals surface area contributed by atoms with Gasteiger partial charge in [-0.2, -0.15) is 0 Å². The van der Waals surface area contributed by atoms with Crippen molar-refractivity contribution < 1.29 is 14.3 Å². The largest absolute Gasteiger partial charge is 0.357 e. The zero-order valence-electron chi connectivity index (χ0n) is 9.15. The van der Waals surface area contributed by atoms with E-state index in [1.807, 2.05) is 0 Å². The molecule has 0 unspecified atom stereocenters. The monoisotopic (exact) mass is 380 g/mol. The maximum Gasteiger partial charge on any atom is 0.319 e. The third-order valence-electron chi connectivity index (χ3n) is 1.59. The molecule has 0 heterocycles.